The zero-order chi connectivity index (χ0) is 22.5. The Balaban J connectivity index is 1.48. The molecule has 0 bridgehead atoms. The van der Waals surface area contributed by atoms with Crippen molar-refractivity contribution in [3.8, 4) is 5.75 Å². The number of aromatic nitrogens is 1. The van der Waals surface area contributed by atoms with Crippen LogP contribution in [0.3, 0.4) is 0 Å². The van der Waals surface area contributed by atoms with Crippen molar-refractivity contribution in [2.24, 2.45) is 0 Å². The van der Waals surface area contributed by atoms with Crippen molar-refractivity contribution in [2.45, 2.75) is 35.7 Å². The summed E-state index contributed by atoms with van der Waals surface area (Å²) in [6.45, 7) is 1.10. The molecule has 1 aliphatic rings. The third-order valence-electron chi connectivity index (χ3n) is 5.31. The molecule has 0 unspecified atom stereocenters. The van der Waals surface area contributed by atoms with Crippen molar-refractivity contribution in [3.63, 3.8) is 0 Å². The minimum Gasteiger partial charge on any atom is -0.497 e. The van der Waals surface area contributed by atoms with Gasteiger partial charge in [-0.2, -0.15) is 0 Å². The van der Waals surface area contributed by atoms with E-state index in [9.17, 15) is 13.6 Å². The van der Waals surface area contributed by atoms with E-state index in [-0.39, 0.29) is 23.3 Å². The Hall–Kier alpha value is -2.49. The number of amides is 1. The van der Waals surface area contributed by atoms with Crippen molar-refractivity contribution in [2.75, 3.05) is 13.7 Å². The van der Waals surface area contributed by atoms with E-state index < -0.39 is 17.7 Å². The molecule has 0 spiro atoms. The molecule has 1 amide bonds. The minimum absolute atomic E-state index is 0.130. The Morgan fingerprint density at radius 3 is 2.81 bits per heavy atom. The van der Waals surface area contributed by atoms with Gasteiger partial charge in [0.1, 0.15) is 22.4 Å². The second-order valence-corrected chi connectivity index (χ2v) is 9.83. The number of hydrogen-bond donors (Lipinski definition) is 1. The van der Waals surface area contributed by atoms with Crippen LogP contribution in [0.2, 0.25) is 0 Å². The SMILES string of the molecule is COc1ccc(S[C@@H]2C[C@@H](C(=O)NCc3nccs3)N(Cc3cc(F)ccc3F)C2)cc1. The summed E-state index contributed by atoms with van der Waals surface area (Å²) in [6, 6.07) is 10.7. The molecule has 2 atom stereocenters. The van der Waals surface area contributed by atoms with Crippen LogP contribution in [-0.4, -0.2) is 40.7 Å². The van der Waals surface area contributed by atoms with Crippen molar-refractivity contribution < 1.29 is 18.3 Å². The van der Waals surface area contributed by atoms with Crippen LogP contribution < -0.4 is 10.1 Å². The molecule has 4 rings (SSSR count). The van der Waals surface area contributed by atoms with Gasteiger partial charge in [0.25, 0.3) is 0 Å². The van der Waals surface area contributed by atoms with Crippen LogP contribution in [0.25, 0.3) is 0 Å². The standard InChI is InChI=1S/C23H23F2N3O2S2/c1-30-17-3-5-18(6-4-17)32-19-11-21(23(29)27-12-22-26-8-9-31-22)28(14-19)13-15-10-16(24)2-7-20(15)25/h2-10,19,21H,11-14H2,1H3,(H,27,29)/t19-,21+/m1/s1. The molecular weight excluding hydrogens is 452 g/mol. The van der Waals surface area contributed by atoms with Gasteiger partial charge in [0.15, 0.2) is 0 Å². The van der Waals surface area contributed by atoms with Gasteiger partial charge in [-0.05, 0) is 48.9 Å². The summed E-state index contributed by atoms with van der Waals surface area (Å²) in [4.78, 5) is 20.2. The first-order chi connectivity index (χ1) is 15.5. The number of likely N-dealkylation sites (tertiary alicyclic amines) is 1. The molecule has 5 nitrogen and oxygen atoms in total. The van der Waals surface area contributed by atoms with Crippen molar-refractivity contribution >= 4 is 29.0 Å². The van der Waals surface area contributed by atoms with Crippen LogP contribution >= 0.6 is 23.1 Å². The zero-order valence-corrected chi connectivity index (χ0v) is 19.1. The highest BCUT2D eigenvalue weighted by molar-refractivity contribution is 8.00. The molecule has 168 valence electrons. The number of nitrogens with one attached hydrogen (secondary N) is 1. The molecule has 1 saturated heterocycles. The van der Waals surface area contributed by atoms with Gasteiger partial charge in [-0.1, -0.05) is 0 Å². The fraction of sp³-hybridized carbons (Fsp3) is 0.304. The average Bonchev–Trinajstić information content (AvgIpc) is 3.45. The van der Waals surface area contributed by atoms with Gasteiger partial charge in [-0.3, -0.25) is 9.69 Å². The second kappa shape index (κ2) is 10.4. The summed E-state index contributed by atoms with van der Waals surface area (Å²) < 4.78 is 33.2. The predicted octanol–water partition coefficient (Wildman–Crippen LogP) is 4.48. The molecule has 1 fully saturated rings. The van der Waals surface area contributed by atoms with Crippen molar-refractivity contribution in [3.05, 3.63) is 76.2 Å². The third-order valence-corrected chi connectivity index (χ3v) is 7.31. The van der Waals surface area contributed by atoms with Gasteiger partial charge in [-0.25, -0.2) is 13.8 Å². The molecule has 1 aliphatic heterocycles. The number of thiazole rings is 1. The summed E-state index contributed by atoms with van der Waals surface area (Å²) >= 11 is 3.15. The maximum absolute atomic E-state index is 14.3. The van der Waals surface area contributed by atoms with Gasteiger partial charge in [0, 0.05) is 40.4 Å². The number of benzene rings is 2. The highest BCUT2D eigenvalue weighted by Gasteiger charge is 2.37. The Labute approximate surface area is 193 Å². The van der Waals surface area contributed by atoms with E-state index in [0.29, 0.717) is 19.5 Å². The van der Waals surface area contributed by atoms with Gasteiger partial charge in [0.2, 0.25) is 5.91 Å². The molecule has 0 radical (unpaired) electrons. The number of rotatable bonds is 8. The van der Waals surface area contributed by atoms with Gasteiger partial charge >= 0.3 is 0 Å². The number of nitrogens with zero attached hydrogens (tertiary/aromatic N) is 2. The molecule has 2 heterocycles. The van der Waals surface area contributed by atoms with Gasteiger partial charge < -0.3 is 10.1 Å². The molecule has 1 N–H and O–H groups in total. The lowest BCUT2D eigenvalue weighted by Crippen LogP contribution is -2.42. The van der Waals surface area contributed by atoms with Crippen LogP contribution in [0, 0.1) is 11.6 Å². The normalized spacial score (nSPS) is 18.6. The Kier molecular flexibility index (Phi) is 7.39. The fourth-order valence-electron chi connectivity index (χ4n) is 3.75. The number of methoxy groups -OCH3 is 1. The molecule has 0 saturated carbocycles. The highest BCUT2D eigenvalue weighted by atomic mass is 32.2. The van der Waals surface area contributed by atoms with E-state index in [1.165, 1.54) is 17.4 Å². The number of carbonyl (C=O) groups is 1. The molecular formula is C23H23F2N3O2S2. The number of halogens is 2. The maximum atomic E-state index is 14.3. The predicted molar refractivity (Wildman–Crippen MR) is 122 cm³/mol. The lowest BCUT2D eigenvalue weighted by atomic mass is 10.1. The third kappa shape index (κ3) is 5.65. The monoisotopic (exact) mass is 475 g/mol. The van der Waals surface area contributed by atoms with Crippen molar-refractivity contribution in [1.29, 1.82) is 0 Å². The number of carbonyl (C=O) groups excluding carboxylic acids is 1. The minimum atomic E-state index is -0.491. The summed E-state index contributed by atoms with van der Waals surface area (Å²) in [7, 11) is 1.62. The number of thioether (sulfide) groups is 1. The Morgan fingerprint density at radius 2 is 2.09 bits per heavy atom. The molecule has 3 aromatic rings. The summed E-state index contributed by atoms with van der Waals surface area (Å²) in [5.74, 6) is -0.313. The van der Waals surface area contributed by atoms with Crippen LogP contribution in [0.4, 0.5) is 8.78 Å². The topological polar surface area (TPSA) is 54.5 Å². The van der Waals surface area contributed by atoms with Crippen LogP contribution in [-0.2, 0) is 17.9 Å². The first-order valence-corrected chi connectivity index (χ1v) is 11.9. The van der Waals surface area contributed by atoms with Crippen molar-refractivity contribution in [1.82, 2.24) is 15.2 Å². The number of ether oxygens (including phenoxy) is 1. The molecule has 32 heavy (non-hydrogen) atoms. The smallest absolute Gasteiger partial charge is 0.237 e. The lowest BCUT2D eigenvalue weighted by molar-refractivity contribution is -0.125. The Bertz CT molecular complexity index is 1050. The van der Waals surface area contributed by atoms with Crippen LogP contribution in [0.15, 0.2) is 58.9 Å². The van der Waals surface area contributed by atoms with E-state index >= 15 is 0 Å². The van der Waals surface area contributed by atoms with E-state index in [2.05, 4.69) is 10.3 Å². The largest absolute Gasteiger partial charge is 0.497 e. The van der Waals surface area contributed by atoms with Gasteiger partial charge in [-0.15, -0.1) is 23.1 Å². The lowest BCUT2D eigenvalue weighted by Gasteiger charge is -2.23. The molecule has 9 heteroatoms. The zero-order valence-electron chi connectivity index (χ0n) is 17.5. The first-order valence-electron chi connectivity index (χ1n) is 10.2. The quantitative estimate of drug-likeness (QED) is 0.521. The van der Waals surface area contributed by atoms with E-state index in [4.69, 9.17) is 4.74 Å². The molecule has 0 aliphatic carbocycles. The number of hydrogen-bond acceptors (Lipinski definition) is 6. The maximum Gasteiger partial charge on any atom is 0.237 e. The van der Waals surface area contributed by atoms with E-state index in [0.717, 1.165) is 27.8 Å². The van der Waals surface area contributed by atoms with Crippen LogP contribution in [0.1, 0.15) is 17.0 Å². The summed E-state index contributed by atoms with van der Waals surface area (Å²) in [6.07, 6.45) is 2.31. The van der Waals surface area contributed by atoms with Gasteiger partial charge in [0.05, 0.1) is 19.7 Å². The molecule has 2 aromatic carbocycles. The van der Waals surface area contributed by atoms with E-state index in [1.807, 2.05) is 34.5 Å². The summed E-state index contributed by atoms with van der Waals surface area (Å²) in [5.41, 5.74) is 0.248. The first kappa shape index (κ1) is 22.7. The average molecular weight is 476 g/mol. The van der Waals surface area contributed by atoms with E-state index in [1.54, 1.807) is 25.1 Å². The summed E-state index contributed by atoms with van der Waals surface area (Å²) in [5, 5.41) is 5.76. The fourth-order valence-corrected chi connectivity index (χ4v) is 5.52. The Morgan fingerprint density at radius 1 is 1.28 bits per heavy atom. The molecule has 1 aromatic heterocycles. The second-order valence-electron chi connectivity index (χ2n) is 7.48. The highest BCUT2D eigenvalue weighted by Crippen LogP contribution is 2.35. The van der Waals surface area contributed by atoms with Crippen LogP contribution in [0.5, 0.6) is 5.75 Å².